The maximum absolute atomic E-state index is 14.1. The van der Waals surface area contributed by atoms with Crippen LogP contribution in [0.4, 0.5) is 15.9 Å². The second kappa shape index (κ2) is 6.68. The zero-order chi connectivity index (χ0) is 14.5. The van der Waals surface area contributed by atoms with E-state index in [1.165, 1.54) is 12.3 Å². The van der Waals surface area contributed by atoms with Gasteiger partial charge in [-0.2, -0.15) is 0 Å². The van der Waals surface area contributed by atoms with Gasteiger partial charge in [-0.25, -0.2) is 9.37 Å². The molecule has 0 saturated heterocycles. The van der Waals surface area contributed by atoms with Gasteiger partial charge in [0.05, 0.1) is 5.02 Å². The van der Waals surface area contributed by atoms with Crippen LogP contribution in [0, 0.1) is 12.7 Å². The molecule has 0 spiro atoms. The van der Waals surface area contributed by atoms with Gasteiger partial charge < -0.3 is 10.6 Å². The third-order valence-corrected chi connectivity index (χ3v) is 3.18. The normalized spacial score (nSPS) is 10.6. The van der Waals surface area contributed by atoms with Crippen molar-refractivity contribution in [1.82, 2.24) is 4.98 Å². The third kappa shape index (κ3) is 3.46. The number of hydrogen-bond donors (Lipinski definition) is 1. The highest BCUT2D eigenvalue weighted by molar-refractivity contribution is 6.30. The number of benzene rings is 1. The van der Waals surface area contributed by atoms with Crippen molar-refractivity contribution < 1.29 is 4.39 Å². The molecule has 20 heavy (non-hydrogen) atoms. The molecule has 0 bridgehead atoms. The molecule has 2 aromatic rings. The van der Waals surface area contributed by atoms with Crippen LogP contribution in [0.15, 0.2) is 36.5 Å². The van der Waals surface area contributed by atoms with Gasteiger partial charge >= 0.3 is 0 Å². The molecule has 106 valence electrons. The highest BCUT2D eigenvalue weighted by Crippen LogP contribution is 2.27. The summed E-state index contributed by atoms with van der Waals surface area (Å²) >= 11 is 5.75. The lowest BCUT2D eigenvalue weighted by Gasteiger charge is -2.24. The first-order valence-corrected chi connectivity index (χ1v) is 6.85. The fourth-order valence-electron chi connectivity index (χ4n) is 1.94. The lowest BCUT2D eigenvalue weighted by Crippen LogP contribution is -2.23. The van der Waals surface area contributed by atoms with Crippen LogP contribution >= 0.6 is 11.6 Å². The summed E-state index contributed by atoms with van der Waals surface area (Å²) in [7, 11) is 0. The summed E-state index contributed by atoms with van der Waals surface area (Å²) in [6.45, 7) is 3.15. The van der Waals surface area contributed by atoms with E-state index in [0.29, 0.717) is 13.1 Å². The molecule has 0 amide bonds. The molecule has 0 radical (unpaired) electrons. The van der Waals surface area contributed by atoms with Crippen molar-refractivity contribution in [2.75, 3.05) is 18.0 Å². The second-order valence-corrected chi connectivity index (χ2v) is 5.02. The predicted molar refractivity (Wildman–Crippen MR) is 81.1 cm³/mol. The Bertz CT molecular complexity index is 572. The van der Waals surface area contributed by atoms with E-state index in [1.807, 2.05) is 36.1 Å². The van der Waals surface area contributed by atoms with Gasteiger partial charge in [-0.15, -0.1) is 0 Å². The highest BCUT2D eigenvalue weighted by atomic mass is 35.5. The molecule has 2 rings (SSSR count). The molecule has 0 unspecified atom stereocenters. The average Bonchev–Trinajstić information content (AvgIpc) is 2.42. The number of halogens is 2. The Morgan fingerprint density at radius 3 is 2.60 bits per heavy atom. The van der Waals surface area contributed by atoms with E-state index < -0.39 is 5.82 Å². The van der Waals surface area contributed by atoms with E-state index in [0.717, 1.165) is 17.7 Å². The highest BCUT2D eigenvalue weighted by Gasteiger charge is 2.15. The Morgan fingerprint density at radius 1 is 1.30 bits per heavy atom. The molecule has 0 saturated carbocycles. The fraction of sp³-hybridized carbons (Fsp3) is 0.267. The van der Waals surface area contributed by atoms with Crippen LogP contribution in [0.2, 0.25) is 5.02 Å². The first-order valence-electron chi connectivity index (χ1n) is 6.47. The Kier molecular flexibility index (Phi) is 4.93. The smallest absolute Gasteiger partial charge is 0.169 e. The van der Waals surface area contributed by atoms with Gasteiger partial charge in [0.1, 0.15) is 0 Å². The zero-order valence-electron chi connectivity index (χ0n) is 11.3. The van der Waals surface area contributed by atoms with E-state index in [2.05, 4.69) is 4.98 Å². The van der Waals surface area contributed by atoms with Crippen molar-refractivity contribution in [1.29, 1.82) is 0 Å². The van der Waals surface area contributed by atoms with Gasteiger partial charge in [0.25, 0.3) is 0 Å². The molecule has 1 heterocycles. The predicted octanol–water partition coefficient (Wildman–Crippen LogP) is 3.67. The summed E-state index contributed by atoms with van der Waals surface area (Å²) in [5.41, 5.74) is 7.59. The van der Waals surface area contributed by atoms with E-state index in [4.69, 9.17) is 17.3 Å². The summed E-state index contributed by atoms with van der Waals surface area (Å²) in [4.78, 5) is 5.93. The minimum atomic E-state index is -0.435. The number of anilines is 2. The van der Waals surface area contributed by atoms with Crippen LogP contribution in [0.25, 0.3) is 0 Å². The number of pyridine rings is 1. The first-order chi connectivity index (χ1) is 9.61. The summed E-state index contributed by atoms with van der Waals surface area (Å²) in [6.07, 6.45) is 2.20. The van der Waals surface area contributed by atoms with Crippen molar-refractivity contribution in [3.05, 3.63) is 52.9 Å². The first kappa shape index (κ1) is 14.8. The van der Waals surface area contributed by atoms with Crippen molar-refractivity contribution in [2.24, 2.45) is 5.73 Å². The summed E-state index contributed by atoms with van der Waals surface area (Å²) in [6, 6.07) is 9.13. The van der Waals surface area contributed by atoms with Gasteiger partial charge in [-0.1, -0.05) is 29.3 Å². The Balaban J connectivity index is 2.38. The molecule has 1 aromatic carbocycles. The van der Waals surface area contributed by atoms with Crippen LogP contribution < -0.4 is 10.6 Å². The minimum absolute atomic E-state index is 0.270. The van der Waals surface area contributed by atoms with Gasteiger partial charge in [0.2, 0.25) is 0 Å². The van der Waals surface area contributed by atoms with E-state index in [-0.39, 0.29) is 10.8 Å². The third-order valence-electron chi connectivity index (χ3n) is 2.98. The standard InChI is InChI=1S/C15H17ClFN3/c1-11-3-5-13(6-4-11)20(8-2-7-18)15-14(17)9-12(16)10-19-15/h3-6,9-10H,2,7-8,18H2,1H3. The quantitative estimate of drug-likeness (QED) is 0.914. The maximum Gasteiger partial charge on any atom is 0.169 e. The molecule has 0 fully saturated rings. The topological polar surface area (TPSA) is 42.1 Å². The molecule has 0 aliphatic heterocycles. The van der Waals surface area contributed by atoms with Crippen LogP contribution in [0.1, 0.15) is 12.0 Å². The van der Waals surface area contributed by atoms with Crippen LogP contribution in [-0.2, 0) is 0 Å². The molecule has 5 heteroatoms. The molecule has 0 aliphatic carbocycles. The average molecular weight is 294 g/mol. The maximum atomic E-state index is 14.1. The van der Waals surface area contributed by atoms with Gasteiger partial charge in [-0.05, 0) is 38.1 Å². The van der Waals surface area contributed by atoms with E-state index in [9.17, 15) is 4.39 Å². The van der Waals surface area contributed by atoms with Crippen molar-refractivity contribution >= 4 is 23.1 Å². The molecule has 3 nitrogen and oxygen atoms in total. The van der Waals surface area contributed by atoms with Crippen molar-refractivity contribution in [3.8, 4) is 0 Å². The van der Waals surface area contributed by atoms with Crippen molar-refractivity contribution in [2.45, 2.75) is 13.3 Å². The van der Waals surface area contributed by atoms with E-state index in [1.54, 1.807) is 0 Å². The van der Waals surface area contributed by atoms with Gasteiger partial charge in [0, 0.05) is 18.4 Å². The Labute approximate surface area is 123 Å². The number of aryl methyl sites for hydroxylation is 1. The molecular weight excluding hydrogens is 277 g/mol. The zero-order valence-corrected chi connectivity index (χ0v) is 12.1. The lowest BCUT2D eigenvalue weighted by atomic mass is 10.2. The largest absolute Gasteiger partial charge is 0.330 e. The van der Waals surface area contributed by atoms with Gasteiger partial charge in [0.15, 0.2) is 11.6 Å². The van der Waals surface area contributed by atoms with Crippen LogP contribution in [0.3, 0.4) is 0 Å². The lowest BCUT2D eigenvalue weighted by molar-refractivity contribution is 0.616. The Morgan fingerprint density at radius 2 is 2.00 bits per heavy atom. The Hall–Kier alpha value is -1.65. The number of nitrogens with two attached hydrogens (primary N) is 1. The number of hydrogen-bond acceptors (Lipinski definition) is 3. The second-order valence-electron chi connectivity index (χ2n) is 4.59. The SMILES string of the molecule is Cc1ccc(N(CCCN)c2ncc(Cl)cc2F)cc1. The monoisotopic (exact) mass is 293 g/mol. The fourth-order valence-corrected chi connectivity index (χ4v) is 2.08. The molecule has 1 aromatic heterocycles. The van der Waals surface area contributed by atoms with E-state index >= 15 is 0 Å². The minimum Gasteiger partial charge on any atom is -0.330 e. The number of nitrogens with zero attached hydrogens (tertiary/aromatic N) is 2. The number of rotatable bonds is 5. The molecule has 2 N–H and O–H groups in total. The summed E-state index contributed by atoms with van der Waals surface area (Å²) in [5, 5.41) is 0.286. The molecular formula is C15H17ClFN3. The van der Waals surface area contributed by atoms with Gasteiger partial charge in [-0.3, -0.25) is 0 Å². The summed E-state index contributed by atoms with van der Waals surface area (Å²) < 4.78 is 14.1. The molecule has 0 aliphatic rings. The van der Waals surface area contributed by atoms with Crippen LogP contribution in [0.5, 0.6) is 0 Å². The summed E-state index contributed by atoms with van der Waals surface area (Å²) in [5.74, 6) is -0.165. The number of aromatic nitrogens is 1. The van der Waals surface area contributed by atoms with Crippen molar-refractivity contribution in [3.63, 3.8) is 0 Å². The molecule has 0 atom stereocenters. The van der Waals surface area contributed by atoms with Crippen LogP contribution in [-0.4, -0.2) is 18.1 Å².